The molecular weight excluding hydrogens is 409 g/mol. The Labute approximate surface area is 169 Å². The average molecular weight is 430 g/mol. The molecule has 2 fully saturated rings. The molecule has 2 aliphatic rings. The van der Waals surface area contributed by atoms with Crippen LogP contribution in [-0.2, 0) is 23.2 Å². The van der Waals surface area contributed by atoms with Gasteiger partial charge < -0.3 is 10.0 Å². The average Bonchev–Trinajstić information content (AvgIpc) is 3.37. The van der Waals surface area contributed by atoms with Crippen molar-refractivity contribution in [1.82, 2.24) is 14.7 Å². The number of likely N-dealkylation sites (tertiary alicyclic amines) is 1. The predicted octanol–water partition coefficient (Wildman–Crippen LogP) is 2.88. The van der Waals surface area contributed by atoms with Crippen LogP contribution in [0.3, 0.4) is 0 Å². The first-order valence-corrected chi connectivity index (χ1v) is 9.92. The Balaban J connectivity index is 0.000000298. The number of anilines is 1. The fraction of sp³-hybridized carbons (Fsp3) is 0.500. The molecular formula is C18H21F3N4O3S. The van der Waals surface area contributed by atoms with Crippen LogP contribution in [0, 0.1) is 0 Å². The van der Waals surface area contributed by atoms with E-state index >= 15 is 0 Å². The number of amides is 1. The van der Waals surface area contributed by atoms with E-state index in [0.717, 1.165) is 31.6 Å². The molecule has 7 nitrogen and oxygen atoms in total. The number of hydrogen-bond donors (Lipinski definition) is 1. The van der Waals surface area contributed by atoms with Crippen LogP contribution in [0.25, 0.3) is 0 Å². The number of carbonyl (C=O) groups is 2. The summed E-state index contributed by atoms with van der Waals surface area (Å²) < 4.78 is 33.5. The van der Waals surface area contributed by atoms with Crippen LogP contribution in [0.1, 0.15) is 24.1 Å². The number of fused-ring (bicyclic) bond motifs is 1. The maximum Gasteiger partial charge on any atom is 0.490 e. The topological polar surface area (TPSA) is 78.7 Å². The second kappa shape index (κ2) is 8.54. The minimum Gasteiger partial charge on any atom is -0.475 e. The van der Waals surface area contributed by atoms with Gasteiger partial charge in [-0.1, -0.05) is 6.07 Å². The third kappa shape index (κ3) is 4.96. The molecule has 29 heavy (non-hydrogen) atoms. The van der Waals surface area contributed by atoms with E-state index < -0.39 is 12.1 Å². The first-order chi connectivity index (χ1) is 13.7. The van der Waals surface area contributed by atoms with Crippen molar-refractivity contribution in [3.05, 3.63) is 34.8 Å². The fourth-order valence-electron chi connectivity index (χ4n) is 3.82. The molecule has 0 bridgehead atoms. The first kappa shape index (κ1) is 21.3. The molecule has 0 unspecified atom stereocenters. The number of carboxylic acid groups (broad SMARTS) is 1. The highest BCUT2D eigenvalue weighted by Crippen LogP contribution is 2.35. The largest absolute Gasteiger partial charge is 0.490 e. The number of carbonyl (C=O) groups excluding carboxylic acids is 1. The van der Waals surface area contributed by atoms with E-state index in [0.29, 0.717) is 18.5 Å². The highest BCUT2D eigenvalue weighted by atomic mass is 32.1. The van der Waals surface area contributed by atoms with Crippen molar-refractivity contribution in [2.24, 2.45) is 7.05 Å². The summed E-state index contributed by atoms with van der Waals surface area (Å²) in [6.45, 7) is 2.07. The Bertz CT molecular complexity index is 853. The summed E-state index contributed by atoms with van der Waals surface area (Å²) in [4.78, 5) is 27.3. The second-order valence-electron chi connectivity index (χ2n) is 6.95. The minimum atomic E-state index is -5.08. The Kier molecular flexibility index (Phi) is 6.27. The minimum absolute atomic E-state index is 0.243. The number of hydrogen-bond acceptors (Lipinski definition) is 5. The highest BCUT2D eigenvalue weighted by molar-refractivity contribution is 7.09. The second-order valence-corrected chi connectivity index (χ2v) is 7.98. The van der Waals surface area contributed by atoms with E-state index in [4.69, 9.17) is 9.90 Å². The van der Waals surface area contributed by atoms with Crippen molar-refractivity contribution >= 4 is 28.9 Å². The molecule has 0 aromatic carbocycles. The standard InChI is InChI=1S/C16H20N4OS.C2HF3O2/c1-18-10-12(9-17-18)20-15-6-7-19(11-13-3-2-8-22-13)14(15)4-5-16(20)21;3-2(4,5)1(6)7/h2-3,8-10,14-15H,4-7,11H2,1H3;(H,6,7)/t14-,15-;/m1./s1. The van der Waals surface area contributed by atoms with Gasteiger partial charge in [0.2, 0.25) is 5.91 Å². The van der Waals surface area contributed by atoms with Crippen molar-refractivity contribution in [1.29, 1.82) is 0 Å². The summed E-state index contributed by atoms with van der Waals surface area (Å²) in [6, 6.07) is 5.08. The van der Waals surface area contributed by atoms with Gasteiger partial charge in [0.1, 0.15) is 0 Å². The molecule has 2 saturated heterocycles. The number of rotatable bonds is 3. The molecule has 2 atom stereocenters. The van der Waals surface area contributed by atoms with Gasteiger partial charge in [0.15, 0.2) is 0 Å². The molecule has 4 heterocycles. The zero-order chi connectivity index (χ0) is 21.2. The van der Waals surface area contributed by atoms with Crippen molar-refractivity contribution < 1.29 is 27.9 Å². The molecule has 0 aliphatic carbocycles. The fourth-order valence-corrected chi connectivity index (χ4v) is 4.55. The first-order valence-electron chi connectivity index (χ1n) is 9.04. The maximum atomic E-state index is 12.4. The third-order valence-corrected chi connectivity index (χ3v) is 5.89. The van der Waals surface area contributed by atoms with E-state index in [2.05, 4.69) is 27.5 Å². The summed E-state index contributed by atoms with van der Waals surface area (Å²) in [7, 11) is 1.90. The van der Waals surface area contributed by atoms with Crippen LogP contribution in [0.2, 0.25) is 0 Å². The number of thiophene rings is 1. The van der Waals surface area contributed by atoms with Crippen LogP contribution in [0.5, 0.6) is 0 Å². The van der Waals surface area contributed by atoms with Crippen LogP contribution >= 0.6 is 11.3 Å². The number of carboxylic acids is 1. The van der Waals surface area contributed by atoms with E-state index in [1.807, 2.05) is 35.7 Å². The van der Waals surface area contributed by atoms with Crippen molar-refractivity contribution in [2.45, 2.75) is 44.1 Å². The third-order valence-electron chi connectivity index (χ3n) is 5.03. The summed E-state index contributed by atoms with van der Waals surface area (Å²) in [6.07, 6.45) is 1.34. The summed E-state index contributed by atoms with van der Waals surface area (Å²) in [5.74, 6) is -2.51. The normalized spacial score (nSPS) is 22.2. The molecule has 4 rings (SSSR count). The molecule has 2 aromatic rings. The van der Waals surface area contributed by atoms with Crippen molar-refractivity contribution in [2.75, 3.05) is 11.4 Å². The predicted molar refractivity (Wildman–Crippen MR) is 101 cm³/mol. The highest BCUT2D eigenvalue weighted by Gasteiger charge is 2.44. The summed E-state index contributed by atoms with van der Waals surface area (Å²) in [5.41, 5.74) is 0.945. The molecule has 1 N–H and O–H groups in total. The Morgan fingerprint density at radius 2 is 2.07 bits per heavy atom. The molecule has 11 heteroatoms. The van der Waals surface area contributed by atoms with Gasteiger partial charge in [-0.25, -0.2) is 4.79 Å². The van der Waals surface area contributed by atoms with Gasteiger partial charge in [0.05, 0.1) is 17.9 Å². The van der Waals surface area contributed by atoms with E-state index in [1.54, 1.807) is 4.68 Å². The Morgan fingerprint density at radius 1 is 1.34 bits per heavy atom. The number of alkyl halides is 3. The van der Waals surface area contributed by atoms with Gasteiger partial charge >= 0.3 is 12.1 Å². The maximum absolute atomic E-state index is 12.4. The Morgan fingerprint density at radius 3 is 2.62 bits per heavy atom. The molecule has 0 spiro atoms. The zero-order valence-corrected chi connectivity index (χ0v) is 16.5. The van der Waals surface area contributed by atoms with Crippen molar-refractivity contribution in [3.63, 3.8) is 0 Å². The molecule has 158 valence electrons. The number of aromatic nitrogens is 2. The van der Waals surface area contributed by atoms with Gasteiger partial charge in [-0.2, -0.15) is 18.3 Å². The van der Waals surface area contributed by atoms with Crippen molar-refractivity contribution in [3.8, 4) is 0 Å². The SMILES string of the molecule is Cn1cc(N2C(=O)CC[C@@H]3[C@H]2CCN3Cc2cccs2)cn1.O=C(O)C(F)(F)F. The van der Waals surface area contributed by atoms with Crippen LogP contribution in [0.4, 0.5) is 18.9 Å². The molecule has 2 aromatic heterocycles. The quantitative estimate of drug-likeness (QED) is 0.810. The lowest BCUT2D eigenvalue weighted by Crippen LogP contribution is -2.52. The smallest absolute Gasteiger partial charge is 0.475 e. The monoisotopic (exact) mass is 430 g/mol. The van der Waals surface area contributed by atoms with Crippen LogP contribution in [0.15, 0.2) is 29.9 Å². The lowest BCUT2D eigenvalue weighted by Gasteiger charge is -2.39. The lowest BCUT2D eigenvalue weighted by molar-refractivity contribution is -0.192. The van der Waals surface area contributed by atoms with Gasteiger partial charge in [0.25, 0.3) is 0 Å². The zero-order valence-electron chi connectivity index (χ0n) is 15.7. The lowest BCUT2D eigenvalue weighted by atomic mass is 9.96. The van der Waals surface area contributed by atoms with E-state index in [-0.39, 0.29) is 5.91 Å². The molecule has 0 saturated carbocycles. The van der Waals surface area contributed by atoms with Gasteiger partial charge in [-0.3, -0.25) is 14.4 Å². The van der Waals surface area contributed by atoms with Crippen LogP contribution < -0.4 is 4.90 Å². The molecule has 2 aliphatic heterocycles. The van der Waals surface area contributed by atoms with Gasteiger partial charge in [0, 0.05) is 43.7 Å². The number of aliphatic carboxylic acids is 1. The number of nitrogens with zero attached hydrogens (tertiary/aromatic N) is 4. The summed E-state index contributed by atoms with van der Waals surface area (Å²) >= 11 is 1.81. The summed E-state index contributed by atoms with van der Waals surface area (Å²) in [5, 5.41) is 13.5. The molecule has 0 radical (unpaired) electrons. The number of piperidine rings is 1. The molecule has 1 amide bonds. The van der Waals surface area contributed by atoms with E-state index in [1.165, 1.54) is 4.88 Å². The van der Waals surface area contributed by atoms with Gasteiger partial charge in [-0.15, -0.1) is 11.3 Å². The Hall–Kier alpha value is -2.40. The van der Waals surface area contributed by atoms with E-state index in [9.17, 15) is 18.0 Å². The number of aryl methyl sites for hydroxylation is 1. The van der Waals surface area contributed by atoms with Crippen LogP contribution in [-0.4, -0.2) is 56.5 Å². The van der Waals surface area contributed by atoms with Gasteiger partial charge in [-0.05, 0) is 24.3 Å². The number of halogens is 3.